The standard InChI is InChI=1S/C26H21BrN4O2S2/c27-22-14-13-21(35-22)25-24(20-8-4-5-15-28-20)30-26(34)31(25)18-11-9-17(10-12-18)29-23(32)16-33-19-6-2-1-3-7-19/h1-15,24-25H,16H2,(H,29,32)(H,30,34)/t24-,25+/m1/s1. The van der Waals surface area contributed by atoms with Gasteiger partial charge in [0.2, 0.25) is 0 Å². The van der Waals surface area contributed by atoms with E-state index in [0.717, 1.165) is 20.0 Å². The molecule has 0 saturated carbocycles. The van der Waals surface area contributed by atoms with Crippen LogP contribution in [0.25, 0.3) is 0 Å². The Kier molecular flexibility index (Phi) is 7.08. The van der Waals surface area contributed by atoms with Crippen molar-refractivity contribution in [2.45, 2.75) is 12.1 Å². The number of nitrogens with zero attached hydrogens (tertiary/aromatic N) is 2. The first-order valence-electron chi connectivity index (χ1n) is 10.9. The van der Waals surface area contributed by atoms with Crippen molar-refractivity contribution >= 4 is 61.9 Å². The van der Waals surface area contributed by atoms with Gasteiger partial charge in [-0.1, -0.05) is 24.3 Å². The lowest BCUT2D eigenvalue weighted by atomic mass is 10.0. The van der Waals surface area contributed by atoms with Gasteiger partial charge in [0.25, 0.3) is 5.91 Å². The van der Waals surface area contributed by atoms with Crippen molar-refractivity contribution in [3.63, 3.8) is 0 Å². The van der Waals surface area contributed by atoms with Crippen molar-refractivity contribution in [2.24, 2.45) is 0 Å². The Labute approximate surface area is 221 Å². The van der Waals surface area contributed by atoms with Crippen LogP contribution in [-0.4, -0.2) is 22.6 Å². The second kappa shape index (κ2) is 10.6. The molecule has 5 rings (SSSR count). The van der Waals surface area contributed by atoms with Crippen LogP contribution in [0.1, 0.15) is 22.7 Å². The molecule has 0 radical (unpaired) electrons. The van der Waals surface area contributed by atoms with E-state index in [4.69, 9.17) is 17.0 Å². The molecule has 35 heavy (non-hydrogen) atoms. The fourth-order valence-corrected chi connectivity index (χ4v) is 5.88. The van der Waals surface area contributed by atoms with Crippen molar-refractivity contribution < 1.29 is 9.53 Å². The molecule has 1 aliphatic rings. The van der Waals surface area contributed by atoms with E-state index < -0.39 is 0 Å². The molecule has 6 nitrogen and oxygen atoms in total. The highest BCUT2D eigenvalue weighted by molar-refractivity contribution is 9.11. The lowest BCUT2D eigenvalue weighted by molar-refractivity contribution is -0.118. The first-order chi connectivity index (χ1) is 17.1. The normalized spacial score (nSPS) is 17.2. The van der Waals surface area contributed by atoms with Gasteiger partial charge < -0.3 is 20.3 Å². The van der Waals surface area contributed by atoms with Gasteiger partial charge in [0.1, 0.15) is 5.75 Å². The Hall–Kier alpha value is -3.27. The molecule has 1 aliphatic heterocycles. The summed E-state index contributed by atoms with van der Waals surface area (Å²) in [4.78, 5) is 20.2. The van der Waals surface area contributed by atoms with E-state index in [1.807, 2.05) is 78.9 Å². The van der Waals surface area contributed by atoms with Crippen LogP contribution in [0, 0.1) is 0 Å². The van der Waals surface area contributed by atoms with Crippen molar-refractivity contribution in [1.82, 2.24) is 10.3 Å². The highest BCUT2D eigenvalue weighted by atomic mass is 79.9. The quantitative estimate of drug-likeness (QED) is 0.264. The summed E-state index contributed by atoms with van der Waals surface area (Å²) in [6.07, 6.45) is 1.79. The van der Waals surface area contributed by atoms with Crippen molar-refractivity contribution in [3.05, 3.63) is 105 Å². The van der Waals surface area contributed by atoms with E-state index >= 15 is 0 Å². The third-order valence-corrected chi connectivity index (χ3v) is 7.53. The minimum Gasteiger partial charge on any atom is -0.484 e. The van der Waals surface area contributed by atoms with E-state index in [9.17, 15) is 4.79 Å². The van der Waals surface area contributed by atoms with Gasteiger partial charge in [-0.2, -0.15) is 0 Å². The van der Waals surface area contributed by atoms with Crippen molar-refractivity contribution in [3.8, 4) is 5.75 Å². The number of halogens is 1. The summed E-state index contributed by atoms with van der Waals surface area (Å²) in [5.74, 6) is 0.429. The second-order valence-corrected chi connectivity index (χ2v) is 10.7. The van der Waals surface area contributed by atoms with Crippen LogP contribution >= 0.6 is 39.5 Å². The number of carbonyl (C=O) groups excluding carboxylic acids is 1. The van der Waals surface area contributed by atoms with Gasteiger partial charge in [-0.15, -0.1) is 11.3 Å². The number of hydrogen-bond donors (Lipinski definition) is 2. The number of para-hydroxylation sites is 1. The molecule has 176 valence electrons. The molecule has 4 aromatic rings. The third kappa shape index (κ3) is 5.37. The van der Waals surface area contributed by atoms with Crippen LogP contribution in [0.2, 0.25) is 0 Å². The Bertz CT molecular complexity index is 1320. The highest BCUT2D eigenvalue weighted by Gasteiger charge is 2.41. The summed E-state index contributed by atoms with van der Waals surface area (Å²) in [5, 5.41) is 6.96. The Balaban J connectivity index is 1.34. The minimum atomic E-state index is -0.225. The molecule has 1 fully saturated rings. The number of nitrogens with one attached hydrogen (secondary N) is 2. The van der Waals surface area contributed by atoms with E-state index in [1.54, 1.807) is 17.5 Å². The molecule has 3 heterocycles. The third-order valence-electron chi connectivity index (χ3n) is 5.53. The van der Waals surface area contributed by atoms with Crippen LogP contribution in [0.15, 0.2) is 94.9 Å². The number of rotatable bonds is 7. The van der Waals surface area contributed by atoms with E-state index in [0.29, 0.717) is 16.5 Å². The van der Waals surface area contributed by atoms with Gasteiger partial charge in [-0.05, 0) is 88.8 Å². The lowest BCUT2D eigenvalue weighted by Gasteiger charge is -2.27. The van der Waals surface area contributed by atoms with Gasteiger partial charge in [0, 0.05) is 22.4 Å². The average molecular weight is 566 g/mol. The first kappa shape index (κ1) is 23.5. The van der Waals surface area contributed by atoms with Gasteiger partial charge >= 0.3 is 0 Å². The number of hydrogen-bond acceptors (Lipinski definition) is 5. The van der Waals surface area contributed by atoms with E-state index in [2.05, 4.69) is 42.5 Å². The number of carbonyl (C=O) groups is 1. The predicted molar refractivity (Wildman–Crippen MR) is 147 cm³/mol. The highest BCUT2D eigenvalue weighted by Crippen LogP contribution is 2.44. The summed E-state index contributed by atoms with van der Waals surface area (Å²) in [6.45, 7) is -0.0625. The number of aromatic nitrogens is 1. The van der Waals surface area contributed by atoms with Crippen molar-refractivity contribution in [2.75, 3.05) is 16.8 Å². The summed E-state index contributed by atoms with van der Waals surface area (Å²) in [5.41, 5.74) is 2.54. The maximum atomic E-state index is 12.3. The molecule has 9 heteroatoms. The maximum Gasteiger partial charge on any atom is 0.262 e. The molecule has 1 amide bonds. The number of pyridine rings is 1. The number of amides is 1. The van der Waals surface area contributed by atoms with Crippen LogP contribution in [0.5, 0.6) is 5.75 Å². The van der Waals surface area contributed by atoms with Gasteiger partial charge in [0.05, 0.1) is 21.6 Å². The zero-order valence-electron chi connectivity index (χ0n) is 18.4. The van der Waals surface area contributed by atoms with Crippen LogP contribution in [0.4, 0.5) is 11.4 Å². The Morgan fingerprint density at radius 3 is 2.51 bits per heavy atom. The molecule has 0 spiro atoms. The molecule has 0 bridgehead atoms. The molecular weight excluding hydrogens is 544 g/mol. The van der Waals surface area contributed by atoms with Gasteiger partial charge in [-0.25, -0.2) is 0 Å². The summed E-state index contributed by atoms with van der Waals surface area (Å²) < 4.78 is 6.58. The SMILES string of the molecule is O=C(COc1ccccc1)Nc1ccc(N2C(=S)N[C@H](c3ccccn3)[C@@H]2c2ccc(Br)s2)cc1. The largest absolute Gasteiger partial charge is 0.484 e. The molecule has 0 aliphatic carbocycles. The topological polar surface area (TPSA) is 66.5 Å². The molecular formula is C26H21BrN4O2S2. The zero-order valence-corrected chi connectivity index (χ0v) is 21.6. The fourth-order valence-electron chi connectivity index (χ4n) is 3.98. The lowest BCUT2D eigenvalue weighted by Crippen LogP contribution is -2.29. The zero-order chi connectivity index (χ0) is 24.2. The molecule has 2 aromatic carbocycles. The number of benzene rings is 2. The van der Waals surface area contributed by atoms with Crippen LogP contribution in [0.3, 0.4) is 0 Å². The van der Waals surface area contributed by atoms with Crippen LogP contribution < -0.4 is 20.3 Å². The number of ether oxygens (including phenoxy) is 1. The summed E-state index contributed by atoms with van der Waals surface area (Å²) in [7, 11) is 0. The predicted octanol–water partition coefficient (Wildman–Crippen LogP) is 6.10. The van der Waals surface area contributed by atoms with Crippen LogP contribution in [-0.2, 0) is 4.79 Å². The smallest absolute Gasteiger partial charge is 0.262 e. The molecule has 2 aromatic heterocycles. The monoisotopic (exact) mass is 564 g/mol. The first-order valence-corrected chi connectivity index (χ1v) is 12.9. The second-order valence-electron chi connectivity index (χ2n) is 7.84. The summed E-state index contributed by atoms with van der Waals surface area (Å²) in [6, 6.07) is 26.8. The molecule has 1 saturated heterocycles. The Morgan fingerprint density at radius 1 is 1.06 bits per heavy atom. The Morgan fingerprint density at radius 2 is 1.83 bits per heavy atom. The number of thiocarbonyl (C=S) groups is 1. The van der Waals surface area contributed by atoms with Crippen molar-refractivity contribution in [1.29, 1.82) is 0 Å². The van der Waals surface area contributed by atoms with E-state index in [1.165, 1.54) is 0 Å². The molecule has 2 N–H and O–H groups in total. The van der Waals surface area contributed by atoms with E-state index in [-0.39, 0.29) is 24.6 Å². The summed E-state index contributed by atoms with van der Waals surface area (Å²) >= 11 is 11.0. The fraction of sp³-hybridized carbons (Fsp3) is 0.115. The van der Waals surface area contributed by atoms with Gasteiger partial charge in [-0.3, -0.25) is 9.78 Å². The minimum absolute atomic E-state index is 0.0617. The molecule has 0 unspecified atom stereocenters. The molecule has 2 atom stereocenters. The van der Waals surface area contributed by atoms with Gasteiger partial charge in [0.15, 0.2) is 11.7 Å². The maximum absolute atomic E-state index is 12.3. The number of anilines is 2. The average Bonchev–Trinajstić information content (AvgIpc) is 3.47. The number of thiophene rings is 1.